The van der Waals surface area contributed by atoms with Crippen LogP contribution >= 0.6 is 0 Å². The first-order valence-corrected chi connectivity index (χ1v) is 7.94. The second-order valence-corrected chi connectivity index (χ2v) is 5.85. The van der Waals surface area contributed by atoms with Gasteiger partial charge in [0.25, 0.3) is 0 Å². The van der Waals surface area contributed by atoms with Gasteiger partial charge < -0.3 is 10.1 Å². The quantitative estimate of drug-likeness (QED) is 0.855. The monoisotopic (exact) mass is 277 g/mol. The normalized spacial score (nSPS) is 17.8. The van der Waals surface area contributed by atoms with Crippen LogP contribution in [0.1, 0.15) is 58.1 Å². The maximum atomic E-state index is 5.61. The molecule has 1 N–H and O–H groups in total. The van der Waals surface area contributed by atoms with E-state index in [0.29, 0.717) is 24.5 Å². The number of nitrogens with one attached hydrogen (secondary N) is 1. The molecule has 112 valence electrons. The molecule has 1 atom stereocenters. The number of aromatic nitrogens is 2. The Morgan fingerprint density at radius 1 is 1.30 bits per heavy atom. The van der Waals surface area contributed by atoms with Crippen LogP contribution in [0.25, 0.3) is 0 Å². The summed E-state index contributed by atoms with van der Waals surface area (Å²) in [5.41, 5.74) is 0.949. The largest absolute Gasteiger partial charge is 0.478 e. The van der Waals surface area contributed by atoms with Gasteiger partial charge in [0.1, 0.15) is 0 Å². The van der Waals surface area contributed by atoms with Crippen LogP contribution < -0.4 is 10.1 Å². The van der Waals surface area contributed by atoms with Gasteiger partial charge in [0.2, 0.25) is 11.8 Å². The minimum absolute atomic E-state index is 0.427. The van der Waals surface area contributed by atoms with E-state index in [-0.39, 0.29) is 0 Å². The lowest BCUT2D eigenvalue weighted by Gasteiger charge is -2.28. The van der Waals surface area contributed by atoms with Crippen molar-refractivity contribution in [2.45, 2.75) is 65.3 Å². The van der Waals surface area contributed by atoms with Crippen molar-refractivity contribution in [3.63, 3.8) is 0 Å². The topological polar surface area (TPSA) is 47.0 Å². The summed E-state index contributed by atoms with van der Waals surface area (Å²) in [6.07, 6.45) is 7.73. The van der Waals surface area contributed by atoms with Gasteiger partial charge in [0.05, 0.1) is 6.61 Å². The summed E-state index contributed by atoms with van der Waals surface area (Å²) in [6, 6.07) is 2.32. The van der Waals surface area contributed by atoms with Crippen molar-refractivity contribution in [2.24, 2.45) is 5.92 Å². The molecule has 1 heterocycles. The number of nitrogens with zero attached hydrogens (tertiary/aromatic N) is 2. The highest BCUT2D eigenvalue weighted by Crippen LogP contribution is 2.27. The van der Waals surface area contributed by atoms with Crippen LogP contribution in [-0.2, 0) is 0 Å². The summed E-state index contributed by atoms with van der Waals surface area (Å²) in [4.78, 5) is 8.94. The van der Waals surface area contributed by atoms with Gasteiger partial charge in [0, 0.05) is 17.8 Å². The van der Waals surface area contributed by atoms with Gasteiger partial charge in [-0.3, -0.25) is 0 Å². The smallest absolute Gasteiger partial charge is 0.226 e. The van der Waals surface area contributed by atoms with E-state index < -0.39 is 0 Å². The molecule has 0 aromatic carbocycles. The second-order valence-electron chi connectivity index (χ2n) is 5.85. The van der Waals surface area contributed by atoms with E-state index in [0.717, 1.165) is 18.0 Å². The van der Waals surface area contributed by atoms with E-state index in [4.69, 9.17) is 4.74 Å². The fraction of sp³-hybridized carbons (Fsp3) is 0.750. The van der Waals surface area contributed by atoms with Crippen LogP contribution in [0, 0.1) is 12.8 Å². The van der Waals surface area contributed by atoms with Gasteiger partial charge in [-0.2, -0.15) is 4.98 Å². The highest BCUT2D eigenvalue weighted by atomic mass is 16.5. The number of hydrogen-bond donors (Lipinski definition) is 1. The molecular weight excluding hydrogens is 250 g/mol. The number of aryl methyl sites for hydroxylation is 1. The van der Waals surface area contributed by atoms with Gasteiger partial charge in [-0.1, -0.05) is 26.2 Å². The van der Waals surface area contributed by atoms with E-state index in [1.54, 1.807) is 0 Å². The van der Waals surface area contributed by atoms with Gasteiger partial charge in [-0.15, -0.1) is 0 Å². The van der Waals surface area contributed by atoms with E-state index in [1.165, 1.54) is 32.1 Å². The van der Waals surface area contributed by atoms with Gasteiger partial charge >= 0.3 is 0 Å². The van der Waals surface area contributed by atoms with Crippen molar-refractivity contribution in [2.75, 3.05) is 11.9 Å². The first kappa shape index (κ1) is 15.1. The predicted molar refractivity (Wildman–Crippen MR) is 82.2 cm³/mol. The molecule has 1 aromatic heterocycles. The van der Waals surface area contributed by atoms with Crippen LogP contribution in [0.2, 0.25) is 0 Å². The maximum absolute atomic E-state index is 5.61. The molecule has 0 amide bonds. The molecule has 4 heteroatoms. The standard InChI is InChI=1S/C16H27N3O/c1-4-10-20-15-11-12(2)17-16(19-15)18-13(3)14-8-6-5-7-9-14/h11,13-14H,4-10H2,1-3H3,(H,17,18,19). The Labute approximate surface area is 122 Å². The predicted octanol–water partition coefficient (Wildman–Crippen LogP) is 3.95. The van der Waals surface area contributed by atoms with E-state index in [9.17, 15) is 0 Å². The Hall–Kier alpha value is -1.32. The van der Waals surface area contributed by atoms with Crippen molar-refractivity contribution >= 4 is 5.95 Å². The summed E-state index contributed by atoms with van der Waals surface area (Å²) >= 11 is 0. The SMILES string of the molecule is CCCOc1cc(C)nc(NC(C)C2CCCCC2)n1. The van der Waals surface area contributed by atoms with Crippen LogP contribution in [0.5, 0.6) is 5.88 Å². The second kappa shape index (κ2) is 7.46. The number of rotatable bonds is 6. The lowest BCUT2D eigenvalue weighted by atomic mass is 9.85. The fourth-order valence-electron chi connectivity index (χ4n) is 2.84. The molecule has 1 unspecified atom stereocenters. The van der Waals surface area contributed by atoms with Gasteiger partial charge in [-0.25, -0.2) is 4.98 Å². The molecule has 4 nitrogen and oxygen atoms in total. The molecule has 20 heavy (non-hydrogen) atoms. The molecule has 0 aliphatic heterocycles. The lowest BCUT2D eigenvalue weighted by Crippen LogP contribution is -2.28. The Bertz CT molecular complexity index is 416. The zero-order chi connectivity index (χ0) is 14.4. The Kier molecular flexibility index (Phi) is 5.62. The van der Waals surface area contributed by atoms with Crippen molar-refractivity contribution in [1.82, 2.24) is 9.97 Å². The lowest BCUT2D eigenvalue weighted by molar-refractivity contribution is 0.304. The molecule has 1 fully saturated rings. The molecule has 1 aliphatic carbocycles. The van der Waals surface area contributed by atoms with E-state index >= 15 is 0 Å². The zero-order valence-corrected chi connectivity index (χ0v) is 13.0. The molecule has 0 spiro atoms. The van der Waals surface area contributed by atoms with Crippen molar-refractivity contribution in [1.29, 1.82) is 0 Å². The minimum Gasteiger partial charge on any atom is -0.478 e. The summed E-state index contributed by atoms with van der Waals surface area (Å²) in [5, 5.41) is 3.47. The molecule has 0 saturated heterocycles. The molecular formula is C16H27N3O. The molecule has 1 saturated carbocycles. The van der Waals surface area contributed by atoms with E-state index in [1.807, 2.05) is 13.0 Å². The molecule has 0 radical (unpaired) electrons. The van der Waals surface area contributed by atoms with Crippen LogP contribution in [0.4, 0.5) is 5.95 Å². The van der Waals surface area contributed by atoms with Gasteiger partial charge in [-0.05, 0) is 39.0 Å². The third-order valence-electron chi connectivity index (χ3n) is 4.00. The van der Waals surface area contributed by atoms with Crippen LogP contribution in [0.3, 0.4) is 0 Å². The maximum Gasteiger partial charge on any atom is 0.226 e. The average Bonchev–Trinajstić information content (AvgIpc) is 2.45. The van der Waals surface area contributed by atoms with Crippen molar-refractivity contribution in [3.05, 3.63) is 11.8 Å². The van der Waals surface area contributed by atoms with Gasteiger partial charge in [0.15, 0.2) is 0 Å². The summed E-state index contributed by atoms with van der Waals surface area (Å²) in [5.74, 6) is 2.12. The highest BCUT2D eigenvalue weighted by molar-refractivity contribution is 5.31. The Morgan fingerprint density at radius 3 is 2.75 bits per heavy atom. The number of anilines is 1. The molecule has 1 aliphatic rings. The number of ether oxygens (including phenoxy) is 1. The highest BCUT2D eigenvalue weighted by Gasteiger charge is 2.20. The zero-order valence-electron chi connectivity index (χ0n) is 13.0. The number of hydrogen-bond acceptors (Lipinski definition) is 4. The first-order chi connectivity index (χ1) is 9.69. The fourth-order valence-corrected chi connectivity index (χ4v) is 2.84. The third kappa shape index (κ3) is 4.36. The summed E-state index contributed by atoms with van der Waals surface area (Å²) in [6.45, 7) is 7.03. The Morgan fingerprint density at radius 2 is 2.05 bits per heavy atom. The van der Waals surface area contributed by atoms with Crippen molar-refractivity contribution < 1.29 is 4.74 Å². The Balaban J connectivity index is 1.98. The minimum atomic E-state index is 0.427. The van der Waals surface area contributed by atoms with Crippen LogP contribution in [0.15, 0.2) is 6.07 Å². The average molecular weight is 277 g/mol. The van der Waals surface area contributed by atoms with Crippen LogP contribution in [-0.4, -0.2) is 22.6 Å². The van der Waals surface area contributed by atoms with Crippen molar-refractivity contribution in [3.8, 4) is 5.88 Å². The summed E-state index contributed by atoms with van der Waals surface area (Å²) in [7, 11) is 0. The third-order valence-corrected chi connectivity index (χ3v) is 4.00. The molecule has 0 bridgehead atoms. The van der Waals surface area contributed by atoms with E-state index in [2.05, 4.69) is 29.1 Å². The molecule has 1 aromatic rings. The molecule has 2 rings (SSSR count). The first-order valence-electron chi connectivity index (χ1n) is 7.94. The summed E-state index contributed by atoms with van der Waals surface area (Å²) < 4.78 is 5.61.